The molecule has 0 fully saturated rings. The van der Waals surface area contributed by atoms with Crippen LogP contribution in [0, 0.1) is 41.5 Å². The van der Waals surface area contributed by atoms with Gasteiger partial charge in [-0.25, -0.2) is 14.0 Å². The van der Waals surface area contributed by atoms with Gasteiger partial charge in [0.2, 0.25) is 6.71 Å². The van der Waals surface area contributed by atoms with Gasteiger partial charge in [-0.15, -0.1) is 15.3 Å². The molecule has 0 bridgehead atoms. The third-order valence-electron chi connectivity index (χ3n) is 12.0. The first-order valence-electron chi connectivity index (χ1n) is 21.1. The van der Waals surface area contributed by atoms with E-state index in [2.05, 4.69) is 109 Å². The second kappa shape index (κ2) is 17.2. The van der Waals surface area contributed by atoms with E-state index in [9.17, 15) is 0 Å². The van der Waals surface area contributed by atoms with Crippen LogP contribution in [0.1, 0.15) is 33.4 Å². The predicted molar refractivity (Wildman–Crippen MR) is 253 cm³/mol. The van der Waals surface area contributed by atoms with Crippen LogP contribution in [-0.4, -0.2) is 73.0 Å². The summed E-state index contributed by atoms with van der Waals surface area (Å²) in [6.07, 6.45) is 5.92. The molecule has 0 saturated carbocycles. The Labute approximate surface area is 373 Å². The van der Waals surface area contributed by atoms with Gasteiger partial charge in [-0.05, 0) is 151 Å². The number of nitrogens with zero attached hydrogens (tertiary/aromatic N) is 9. The van der Waals surface area contributed by atoms with Gasteiger partial charge in [0.15, 0.2) is 0 Å². The standard InChI is InChI=1S/C51H48BN9O3/c1-31-22-40(59-28-46(53-56-59)37-10-16-43(62-7)17-11-37)23-32(2)49(31)52(50-33(3)24-41(25-34(50)4)60-29-47(54-57-60)38-12-18-44(63-8)19-13-38)51-35(5)26-42(27-36(51)6)61-30-48(55-58-61)39-14-20-45(64-9)21-15-39/h10-30H,1-9H3. The fraction of sp³-hybridized carbons (Fsp3) is 0.176. The minimum Gasteiger partial charge on any atom is -0.497 e. The molecule has 0 spiro atoms. The van der Waals surface area contributed by atoms with Gasteiger partial charge in [0.05, 0.1) is 57.0 Å². The molecule has 0 aliphatic heterocycles. The second-order valence-corrected chi connectivity index (χ2v) is 16.2. The largest absolute Gasteiger partial charge is 0.497 e. The first-order chi connectivity index (χ1) is 31.0. The highest BCUT2D eigenvalue weighted by molar-refractivity contribution is 6.97. The normalized spacial score (nSPS) is 11.2. The molecule has 0 atom stereocenters. The number of rotatable bonds is 12. The number of aryl methyl sites for hydroxylation is 6. The number of hydrogen-bond acceptors (Lipinski definition) is 9. The van der Waals surface area contributed by atoms with Crippen molar-refractivity contribution in [2.75, 3.05) is 21.3 Å². The molecule has 0 aliphatic rings. The van der Waals surface area contributed by atoms with Gasteiger partial charge in [0.1, 0.15) is 34.3 Å². The number of ether oxygens (including phenoxy) is 3. The Balaban J connectivity index is 1.13. The Morgan fingerprint density at radius 3 is 0.812 bits per heavy atom. The van der Waals surface area contributed by atoms with Crippen LogP contribution in [0.25, 0.3) is 50.8 Å². The Kier molecular flexibility index (Phi) is 11.1. The minimum atomic E-state index is -0.112. The smallest absolute Gasteiger partial charge is 0.243 e. The SMILES string of the molecule is COc1ccc(-c2cn(-c3cc(C)c(B(c4c(C)cc(-n5cc(-c6ccc(OC)cc6)nn5)cc4C)c4c(C)cc(-n5cc(-c6ccc(OC)cc6)nn5)cc4C)c(C)c3)nn2)cc1. The zero-order valence-electron chi connectivity index (χ0n) is 37.5. The van der Waals surface area contributed by atoms with Crippen molar-refractivity contribution in [1.82, 2.24) is 45.0 Å². The highest BCUT2D eigenvalue weighted by atomic mass is 16.5. The number of methoxy groups -OCH3 is 3. The highest BCUT2D eigenvalue weighted by Crippen LogP contribution is 2.26. The third kappa shape index (κ3) is 7.92. The molecule has 9 aromatic rings. The molecule has 64 heavy (non-hydrogen) atoms. The summed E-state index contributed by atoms with van der Waals surface area (Å²) in [7, 11) is 4.99. The van der Waals surface area contributed by atoms with Crippen molar-refractivity contribution in [3.8, 4) is 68.1 Å². The van der Waals surface area contributed by atoms with Crippen molar-refractivity contribution in [3.63, 3.8) is 0 Å². The van der Waals surface area contributed by atoms with E-state index >= 15 is 0 Å². The van der Waals surface area contributed by atoms with Crippen LogP contribution in [0.5, 0.6) is 17.2 Å². The molecule has 12 nitrogen and oxygen atoms in total. The van der Waals surface area contributed by atoms with Gasteiger partial charge in [-0.3, -0.25) is 0 Å². The van der Waals surface area contributed by atoms with E-state index in [1.54, 1.807) is 21.3 Å². The fourth-order valence-corrected chi connectivity index (χ4v) is 8.90. The fourth-order valence-electron chi connectivity index (χ4n) is 8.90. The lowest BCUT2D eigenvalue weighted by atomic mass is 9.33. The lowest BCUT2D eigenvalue weighted by Crippen LogP contribution is -2.57. The minimum absolute atomic E-state index is 0.112. The van der Waals surface area contributed by atoms with Crippen molar-refractivity contribution < 1.29 is 14.2 Å². The summed E-state index contributed by atoms with van der Waals surface area (Å²) < 4.78 is 21.7. The third-order valence-corrected chi connectivity index (χ3v) is 12.0. The molecular weight excluding hydrogens is 797 g/mol. The van der Waals surface area contributed by atoms with Gasteiger partial charge in [-0.2, -0.15) is 0 Å². The molecule has 0 radical (unpaired) electrons. The zero-order valence-corrected chi connectivity index (χ0v) is 37.5. The van der Waals surface area contributed by atoms with Crippen LogP contribution in [0.4, 0.5) is 0 Å². The summed E-state index contributed by atoms with van der Waals surface area (Å²) in [5, 5.41) is 27.3. The van der Waals surface area contributed by atoms with Crippen molar-refractivity contribution in [1.29, 1.82) is 0 Å². The van der Waals surface area contributed by atoms with Gasteiger partial charge >= 0.3 is 0 Å². The number of hydrogen-bond donors (Lipinski definition) is 0. The van der Waals surface area contributed by atoms with Gasteiger partial charge in [0.25, 0.3) is 0 Å². The lowest BCUT2D eigenvalue weighted by Gasteiger charge is -2.27. The zero-order chi connectivity index (χ0) is 44.6. The van der Waals surface area contributed by atoms with E-state index < -0.39 is 0 Å². The second-order valence-electron chi connectivity index (χ2n) is 16.2. The Morgan fingerprint density at radius 1 is 0.359 bits per heavy atom. The van der Waals surface area contributed by atoms with Crippen LogP contribution >= 0.6 is 0 Å². The molecule has 3 aromatic heterocycles. The number of benzene rings is 6. The van der Waals surface area contributed by atoms with Gasteiger partial charge < -0.3 is 14.2 Å². The predicted octanol–water partition coefficient (Wildman–Crippen LogP) is 7.82. The maximum absolute atomic E-state index is 5.37. The quantitative estimate of drug-likeness (QED) is 0.113. The van der Waals surface area contributed by atoms with E-state index in [1.807, 2.05) is 105 Å². The van der Waals surface area contributed by atoms with Crippen LogP contribution in [-0.2, 0) is 0 Å². The molecule has 0 saturated heterocycles. The monoisotopic (exact) mass is 845 g/mol. The van der Waals surface area contributed by atoms with E-state index in [-0.39, 0.29) is 6.71 Å². The summed E-state index contributed by atoms with van der Waals surface area (Å²) in [4.78, 5) is 0. The van der Waals surface area contributed by atoms with Crippen LogP contribution < -0.4 is 30.6 Å². The van der Waals surface area contributed by atoms with Crippen LogP contribution in [0.2, 0.25) is 0 Å². The van der Waals surface area contributed by atoms with Crippen molar-refractivity contribution >= 4 is 23.1 Å². The molecule has 318 valence electrons. The van der Waals surface area contributed by atoms with Gasteiger partial charge in [-0.1, -0.05) is 65.4 Å². The maximum atomic E-state index is 5.37. The Hall–Kier alpha value is -7.80. The average Bonchev–Trinajstić information content (AvgIpc) is 4.11. The molecule has 0 unspecified atom stereocenters. The van der Waals surface area contributed by atoms with Crippen molar-refractivity contribution in [2.45, 2.75) is 41.5 Å². The number of aromatic nitrogens is 9. The Morgan fingerprint density at radius 2 is 0.594 bits per heavy atom. The molecule has 6 aromatic carbocycles. The summed E-state index contributed by atoms with van der Waals surface area (Å²) in [6, 6.07) is 36.9. The first-order valence-corrected chi connectivity index (χ1v) is 21.1. The molecular formula is C51H48BN9O3. The van der Waals surface area contributed by atoms with Gasteiger partial charge in [0, 0.05) is 16.7 Å². The van der Waals surface area contributed by atoms with Crippen molar-refractivity contribution in [2.24, 2.45) is 0 Å². The molecule has 13 heteroatoms. The average molecular weight is 846 g/mol. The molecule has 0 amide bonds. The van der Waals surface area contributed by atoms with Crippen molar-refractivity contribution in [3.05, 3.63) is 161 Å². The summed E-state index contributed by atoms with van der Waals surface area (Å²) in [5.41, 5.74) is 18.7. The first kappa shape index (κ1) is 41.6. The topological polar surface area (TPSA) is 120 Å². The van der Waals surface area contributed by atoms with E-state index in [1.165, 1.54) is 16.4 Å². The summed E-state index contributed by atoms with van der Waals surface area (Å²) >= 11 is 0. The lowest BCUT2D eigenvalue weighted by molar-refractivity contribution is 0.415. The maximum Gasteiger partial charge on any atom is 0.243 e. The van der Waals surface area contributed by atoms with Crippen LogP contribution in [0.3, 0.4) is 0 Å². The Bertz CT molecular complexity index is 2730. The molecule has 9 rings (SSSR count). The highest BCUT2D eigenvalue weighted by Gasteiger charge is 2.32. The molecule has 3 heterocycles. The molecule has 0 N–H and O–H groups in total. The summed E-state index contributed by atoms with van der Waals surface area (Å²) in [6.45, 7) is 13.1. The van der Waals surface area contributed by atoms with Crippen LogP contribution in [0.15, 0.2) is 128 Å². The van der Waals surface area contributed by atoms with E-state index in [0.29, 0.717) is 0 Å². The van der Waals surface area contributed by atoms with E-state index in [0.717, 1.165) is 101 Å². The summed E-state index contributed by atoms with van der Waals surface area (Å²) in [5.74, 6) is 2.38. The van der Waals surface area contributed by atoms with E-state index in [4.69, 9.17) is 14.2 Å². The molecule has 0 aliphatic carbocycles.